The van der Waals surface area contributed by atoms with Gasteiger partial charge in [-0.3, -0.25) is 9.69 Å². The zero-order valence-electron chi connectivity index (χ0n) is 18.2. The molecule has 1 heterocycles. The van der Waals surface area contributed by atoms with Crippen LogP contribution < -0.4 is 4.90 Å². The van der Waals surface area contributed by atoms with Crippen LogP contribution in [0, 0.1) is 20.8 Å². The van der Waals surface area contributed by atoms with Crippen LogP contribution in [0.25, 0.3) is 10.2 Å². The van der Waals surface area contributed by atoms with Crippen molar-refractivity contribution in [3.63, 3.8) is 0 Å². The Bertz CT molecular complexity index is 1380. The lowest BCUT2D eigenvalue weighted by Gasteiger charge is -2.20. The third kappa shape index (κ3) is 4.74. The Balaban J connectivity index is 1.71. The minimum atomic E-state index is -3.78. The molecule has 0 spiro atoms. The van der Waals surface area contributed by atoms with Gasteiger partial charge in [-0.25, -0.2) is 13.4 Å². The number of benzene rings is 3. The lowest BCUT2D eigenvalue weighted by Crippen LogP contribution is -2.35. The summed E-state index contributed by atoms with van der Waals surface area (Å²) in [7, 11) is -3.78. The number of thiazole rings is 1. The van der Waals surface area contributed by atoms with Crippen molar-refractivity contribution in [2.75, 3.05) is 10.7 Å². The normalized spacial score (nSPS) is 11.6. The zero-order valence-corrected chi connectivity index (χ0v) is 19.8. The fourth-order valence-corrected chi connectivity index (χ4v) is 5.81. The summed E-state index contributed by atoms with van der Waals surface area (Å²) in [6, 6.07) is 20.1. The molecule has 3 aromatic carbocycles. The lowest BCUT2D eigenvalue weighted by molar-refractivity contribution is -0.116. The largest absolute Gasteiger partial charge is 0.283 e. The highest BCUT2D eigenvalue weighted by atomic mass is 32.2. The molecule has 5 nitrogen and oxygen atoms in total. The summed E-state index contributed by atoms with van der Waals surface area (Å²) in [6.07, 6.45) is 0. The topological polar surface area (TPSA) is 67.3 Å². The van der Waals surface area contributed by atoms with Gasteiger partial charge in [0.1, 0.15) is 5.75 Å². The van der Waals surface area contributed by atoms with Crippen LogP contribution in [0.1, 0.15) is 22.3 Å². The number of carbonyl (C=O) groups is 1. The Morgan fingerprint density at radius 1 is 0.938 bits per heavy atom. The van der Waals surface area contributed by atoms with Gasteiger partial charge in [0, 0.05) is 0 Å². The summed E-state index contributed by atoms with van der Waals surface area (Å²) < 4.78 is 26.9. The average Bonchev–Trinajstić information content (AvgIpc) is 3.16. The molecule has 1 aromatic heterocycles. The summed E-state index contributed by atoms with van der Waals surface area (Å²) >= 11 is 1.41. The van der Waals surface area contributed by atoms with Gasteiger partial charge in [-0.15, -0.1) is 0 Å². The highest BCUT2D eigenvalue weighted by Gasteiger charge is 2.27. The van der Waals surface area contributed by atoms with Crippen molar-refractivity contribution in [1.29, 1.82) is 0 Å². The van der Waals surface area contributed by atoms with E-state index in [-0.39, 0.29) is 11.4 Å². The standard InChI is InChI=1S/C25H24N2O3S2/c1-17-9-11-21(12-10-17)32(29,30)16-23(28)27(15-20-7-5-4-6-8-20)25-26-22-14-18(2)13-19(3)24(22)31-25/h4-14H,15-16H2,1-3H3. The molecule has 0 saturated heterocycles. The fraction of sp³-hybridized carbons (Fsp3) is 0.200. The van der Waals surface area contributed by atoms with Gasteiger partial charge in [0.05, 0.1) is 21.7 Å². The van der Waals surface area contributed by atoms with Crippen molar-refractivity contribution < 1.29 is 13.2 Å². The van der Waals surface area contributed by atoms with Gasteiger partial charge in [0.25, 0.3) is 0 Å². The van der Waals surface area contributed by atoms with E-state index in [0.29, 0.717) is 5.13 Å². The highest BCUT2D eigenvalue weighted by Crippen LogP contribution is 2.33. The molecular formula is C25H24N2O3S2. The Hall–Kier alpha value is -3.03. The molecule has 0 radical (unpaired) electrons. The molecule has 0 aliphatic carbocycles. The summed E-state index contributed by atoms with van der Waals surface area (Å²) in [5, 5.41) is 0.502. The highest BCUT2D eigenvalue weighted by molar-refractivity contribution is 7.92. The molecule has 0 atom stereocenters. The number of aromatic nitrogens is 1. The molecule has 0 N–H and O–H groups in total. The summed E-state index contributed by atoms with van der Waals surface area (Å²) in [4.78, 5) is 19.7. The quantitative estimate of drug-likeness (QED) is 0.392. The molecule has 0 aliphatic heterocycles. The van der Waals surface area contributed by atoms with Crippen LogP contribution >= 0.6 is 11.3 Å². The lowest BCUT2D eigenvalue weighted by atomic mass is 10.1. The summed E-state index contributed by atoms with van der Waals surface area (Å²) in [6.45, 7) is 6.16. The monoisotopic (exact) mass is 464 g/mol. The number of sulfone groups is 1. The summed E-state index contributed by atoms with van der Waals surface area (Å²) in [5.41, 5.74) is 4.86. The van der Waals surface area contributed by atoms with E-state index in [1.807, 2.05) is 57.2 Å². The van der Waals surface area contributed by atoms with Gasteiger partial charge in [0.2, 0.25) is 5.91 Å². The first-order valence-electron chi connectivity index (χ1n) is 10.2. The van der Waals surface area contributed by atoms with E-state index in [4.69, 9.17) is 4.98 Å². The van der Waals surface area contributed by atoms with E-state index in [2.05, 4.69) is 6.07 Å². The second-order valence-electron chi connectivity index (χ2n) is 7.96. The average molecular weight is 465 g/mol. The van der Waals surface area contributed by atoms with Crippen molar-refractivity contribution in [2.45, 2.75) is 32.2 Å². The van der Waals surface area contributed by atoms with Gasteiger partial charge in [0.15, 0.2) is 15.0 Å². The predicted molar refractivity (Wildman–Crippen MR) is 130 cm³/mol. The second kappa shape index (κ2) is 8.84. The first kappa shape index (κ1) is 22.2. The second-order valence-corrected chi connectivity index (χ2v) is 10.9. The van der Waals surface area contributed by atoms with Crippen LogP contribution in [-0.4, -0.2) is 25.1 Å². The number of amides is 1. The Morgan fingerprint density at radius 2 is 1.62 bits per heavy atom. The molecule has 0 aliphatic rings. The van der Waals surface area contributed by atoms with E-state index in [1.54, 1.807) is 24.3 Å². The molecule has 32 heavy (non-hydrogen) atoms. The van der Waals surface area contributed by atoms with Gasteiger partial charge in [-0.1, -0.05) is 65.4 Å². The maximum Gasteiger partial charge on any atom is 0.244 e. The van der Waals surface area contributed by atoms with E-state index in [9.17, 15) is 13.2 Å². The molecular weight excluding hydrogens is 440 g/mol. The SMILES string of the molecule is Cc1ccc(S(=O)(=O)CC(=O)N(Cc2ccccc2)c2nc3cc(C)cc(C)c3s2)cc1. The zero-order chi connectivity index (χ0) is 22.9. The van der Waals surface area contributed by atoms with E-state index in [0.717, 1.165) is 32.5 Å². The molecule has 0 saturated carbocycles. The van der Waals surface area contributed by atoms with Crippen LogP contribution in [0.15, 0.2) is 71.6 Å². The molecule has 4 aromatic rings. The Labute approximate surface area is 192 Å². The van der Waals surface area contributed by atoms with Gasteiger partial charge >= 0.3 is 0 Å². The molecule has 7 heteroatoms. The van der Waals surface area contributed by atoms with Gasteiger partial charge in [-0.05, 0) is 55.7 Å². The van der Waals surface area contributed by atoms with Crippen molar-refractivity contribution >= 4 is 42.4 Å². The number of anilines is 1. The molecule has 4 rings (SSSR count). The number of aryl methyl sites for hydroxylation is 3. The van der Waals surface area contributed by atoms with E-state index < -0.39 is 21.5 Å². The van der Waals surface area contributed by atoms with Crippen LogP contribution in [-0.2, 0) is 21.2 Å². The number of hydrogen-bond donors (Lipinski definition) is 0. The molecule has 0 unspecified atom stereocenters. The number of fused-ring (bicyclic) bond motifs is 1. The smallest absolute Gasteiger partial charge is 0.244 e. The van der Waals surface area contributed by atoms with Crippen LogP contribution in [0.3, 0.4) is 0 Å². The predicted octanol–water partition coefficient (Wildman–Crippen LogP) is 5.23. The van der Waals surface area contributed by atoms with Crippen molar-refractivity contribution in [1.82, 2.24) is 4.98 Å². The van der Waals surface area contributed by atoms with Gasteiger partial charge in [-0.2, -0.15) is 0 Å². The molecule has 164 valence electrons. The number of hydrogen-bond acceptors (Lipinski definition) is 5. The third-order valence-electron chi connectivity index (χ3n) is 5.22. The van der Waals surface area contributed by atoms with Gasteiger partial charge < -0.3 is 0 Å². The first-order valence-corrected chi connectivity index (χ1v) is 12.7. The number of carbonyl (C=O) groups excluding carboxylic acids is 1. The minimum absolute atomic E-state index is 0.145. The molecule has 0 bridgehead atoms. The van der Waals surface area contributed by atoms with Crippen LogP contribution in [0.2, 0.25) is 0 Å². The van der Waals surface area contributed by atoms with Crippen molar-refractivity contribution in [3.05, 3.63) is 89.0 Å². The van der Waals surface area contributed by atoms with Crippen molar-refractivity contribution in [3.8, 4) is 0 Å². The van der Waals surface area contributed by atoms with E-state index >= 15 is 0 Å². The maximum absolute atomic E-state index is 13.3. The molecule has 1 amide bonds. The number of rotatable bonds is 6. The third-order valence-corrected chi connectivity index (χ3v) is 8.06. The number of nitrogens with zero attached hydrogens (tertiary/aromatic N) is 2. The Morgan fingerprint density at radius 3 is 2.31 bits per heavy atom. The fourth-order valence-electron chi connectivity index (χ4n) is 3.58. The first-order chi connectivity index (χ1) is 15.2. The maximum atomic E-state index is 13.3. The summed E-state index contributed by atoms with van der Waals surface area (Å²) in [5.74, 6) is -1.11. The minimum Gasteiger partial charge on any atom is -0.283 e. The van der Waals surface area contributed by atoms with Crippen molar-refractivity contribution in [2.24, 2.45) is 0 Å². The van der Waals surface area contributed by atoms with Crippen LogP contribution in [0.5, 0.6) is 0 Å². The van der Waals surface area contributed by atoms with E-state index in [1.165, 1.54) is 16.2 Å². The molecule has 0 fully saturated rings. The Kier molecular flexibility index (Phi) is 6.13. The van der Waals surface area contributed by atoms with Crippen LogP contribution in [0.4, 0.5) is 5.13 Å².